The zero-order valence-electron chi connectivity index (χ0n) is 12.8. The Kier molecular flexibility index (Phi) is 5.48. The lowest BCUT2D eigenvalue weighted by Gasteiger charge is -2.42. The molecule has 3 heteroatoms. The second kappa shape index (κ2) is 6.93. The van der Waals surface area contributed by atoms with E-state index in [0.29, 0.717) is 6.04 Å². The normalized spacial score (nSPS) is 26.5. The summed E-state index contributed by atoms with van der Waals surface area (Å²) in [5.41, 5.74) is 7.45. The second-order valence-electron chi connectivity index (χ2n) is 6.32. The molecule has 1 saturated carbocycles. The van der Waals surface area contributed by atoms with Crippen molar-refractivity contribution >= 4 is 11.6 Å². The van der Waals surface area contributed by atoms with Crippen molar-refractivity contribution in [3.63, 3.8) is 0 Å². The minimum Gasteiger partial charge on any atom is -0.326 e. The number of benzene rings is 1. The Bertz CT molecular complexity index is 433. The van der Waals surface area contributed by atoms with Crippen LogP contribution < -0.4 is 5.73 Å². The van der Waals surface area contributed by atoms with E-state index in [9.17, 15) is 0 Å². The van der Waals surface area contributed by atoms with Gasteiger partial charge < -0.3 is 5.73 Å². The molecule has 2 rings (SSSR count). The van der Waals surface area contributed by atoms with Crippen molar-refractivity contribution in [3.05, 3.63) is 34.9 Å². The van der Waals surface area contributed by atoms with Gasteiger partial charge in [0, 0.05) is 17.1 Å². The number of hydrogen-bond acceptors (Lipinski definition) is 2. The van der Waals surface area contributed by atoms with Crippen LogP contribution in [0.2, 0.25) is 5.02 Å². The molecule has 20 heavy (non-hydrogen) atoms. The monoisotopic (exact) mass is 294 g/mol. The van der Waals surface area contributed by atoms with Crippen molar-refractivity contribution in [1.29, 1.82) is 0 Å². The largest absolute Gasteiger partial charge is 0.326 e. The van der Waals surface area contributed by atoms with Crippen LogP contribution in [0, 0.1) is 5.92 Å². The summed E-state index contributed by atoms with van der Waals surface area (Å²) < 4.78 is 0. The fraction of sp³-hybridized carbons (Fsp3) is 0.647. The summed E-state index contributed by atoms with van der Waals surface area (Å²) in [6, 6.07) is 8.96. The van der Waals surface area contributed by atoms with Crippen LogP contribution >= 0.6 is 11.6 Å². The van der Waals surface area contributed by atoms with Crippen LogP contribution in [0.4, 0.5) is 0 Å². The molecule has 0 heterocycles. The molecule has 2 N–H and O–H groups in total. The van der Waals surface area contributed by atoms with Gasteiger partial charge in [-0.15, -0.1) is 0 Å². The Hall–Kier alpha value is -0.570. The lowest BCUT2D eigenvalue weighted by atomic mass is 9.83. The maximum atomic E-state index is 6.40. The first-order valence-electron chi connectivity index (χ1n) is 7.74. The molecular weight excluding hydrogens is 268 g/mol. The predicted octanol–water partition coefficient (Wildman–Crippen LogP) is 4.24. The summed E-state index contributed by atoms with van der Waals surface area (Å²) in [6.07, 6.45) is 5.28. The summed E-state index contributed by atoms with van der Waals surface area (Å²) in [6.45, 7) is 4.45. The molecule has 1 aliphatic rings. The van der Waals surface area contributed by atoms with Crippen molar-refractivity contribution in [2.45, 2.75) is 57.7 Å². The van der Waals surface area contributed by atoms with E-state index in [1.807, 2.05) is 12.1 Å². The molecule has 4 atom stereocenters. The number of likely N-dealkylation sites (N-methyl/N-ethyl adjacent to an activating group) is 1. The maximum Gasteiger partial charge on any atom is 0.0511 e. The van der Waals surface area contributed by atoms with E-state index in [-0.39, 0.29) is 12.1 Å². The summed E-state index contributed by atoms with van der Waals surface area (Å²) in [4.78, 5) is 2.47. The van der Waals surface area contributed by atoms with E-state index in [1.165, 1.54) is 25.7 Å². The van der Waals surface area contributed by atoms with Crippen LogP contribution in [0.5, 0.6) is 0 Å². The van der Waals surface area contributed by atoms with Crippen LogP contribution in [0.25, 0.3) is 0 Å². The minimum atomic E-state index is 0.0639. The molecule has 0 saturated heterocycles. The second-order valence-corrected chi connectivity index (χ2v) is 6.73. The van der Waals surface area contributed by atoms with Crippen LogP contribution in [-0.2, 0) is 0 Å². The molecule has 4 unspecified atom stereocenters. The lowest BCUT2D eigenvalue weighted by Crippen LogP contribution is -2.46. The minimum absolute atomic E-state index is 0.0639. The van der Waals surface area contributed by atoms with Crippen molar-refractivity contribution < 1.29 is 0 Å². The van der Waals surface area contributed by atoms with E-state index in [2.05, 4.69) is 37.9 Å². The lowest BCUT2D eigenvalue weighted by molar-refractivity contribution is 0.0860. The van der Waals surface area contributed by atoms with Crippen molar-refractivity contribution in [2.75, 3.05) is 7.05 Å². The molecule has 0 radical (unpaired) electrons. The van der Waals surface area contributed by atoms with Crippen molar-refractivity contribution in [2.24, 2.45) is 11.7 Å². The highest BCUT2D eigenvalue weighted by Gasteiger charge is 2.32. The number of halogens is 1. The highest BCUT2D eigenvalue weighted by molar-refractivity contribution is 6.31. The Morgan fingerprint density at radius 3 is 2.50 bits per heavy atom. The Morgan fingerprint density at radius 2 is 1.90 bits per heavy atom. The first-order valence-corrected chi connectivity index (χ1v) is 8.12. The van der Waals surface area contributed by atoms with Gasteiger partial charge in [-0.3, -0.25) is 4.90 Å². The highest BCUT2D eigenvalue weighted by Crippen LogP contribution is 2.35. The van der Waals surface area contributed by atoms with Gasteiger partial charge >= 0.3 is 0 Å². The Balaban J connectivity index is 2.26. The highest BCUT2D eigenvalue weighted by atomic mass is 35.5. The number of rotatable bonds is 4. The van der Waals surface area contributed by atoms with Crippen LogP contribution in [-0.4, -0.2) is 24.0 Å². The molecule has 1 fully saturated rings. The van der Waals surface area contributed by atoms with Crippen molar-refractivity contribution in [1.82, 2.24) is 4.90 Å². The van der Waals surface area contributed by atoms with Gasteiger partial charge in [-0.25, -0.2) is 0 Å². The molecular formula is C17H27ClN2. The zero-order chi connectivity index (χ0) is 14.7. The van der Waals surface area contributed by atoms with Gasteiger partial charge in [-0.1, -0.05) is 49.6 Å². The third-order valence-electron chi connectivity index (χ3n) is 4.75. The average Bonchev–Trinajstić information content (AvgIpc) is 2.41. The fourth-order valence-electron chi connectivity index (χ4n) is 3.70. The first-order chi connectivity index (χ1) is 9.52. The smallest absolute Gasteiger partial charge is 0.0511 e. The van der Waals surface area contributed by atoms with E-state index in [4.69, 9.17) is 17.3 Å². The Labute approximate surface area is 128 Å². The van der Waals surface area contributed by atoms with E-state index in [0.717, 1.165) is 16.5 Å². The fourth-order valence-corrected chi connectivity index (χ4v) is 3.94. The molecule has 112 valence electrons. The standard InChI is InChI=1S/C17H27ClN2/c1-12-8-4-7-11-16(12)20(3)17(13(2)19)14-9-5-6-10-15(14)18/h5-6,9-10,12-13,16-17H,4,7-8,11,19H2,1-3H3. The quantitative estimate of drug-likeness (QED) is 0.900. The molecule has 0 aliphatic heterocycles. The predicted molar refractivity (Wildman–Crippen MR) is 87.0 cm³/mol. The van der Waals surface area contributed by atoms with Gasteiger partial charge in [-0.2, -0.15) is 0 Å². The van der Waals surface area contributed by atoms with Gasteiger partial charge in [0.05, 0.1) is 6.04 Å². The number of nitrogens with zero attached hydrogens (tertiary/aromatic N) is 1. The average molecular weight is 295 g/mol. The van der Waals surface area contributed by atoms with Crippen molar-refractivity contribution in [3.8, 4) is 0 Å². The molecule has 1 aliphatic carbocycles. The Morgan fingerprint density at radius 1 is 1.25 bits per heavy atom. The van der Waals surface area contributed by atoms with Crippen LogP contribution in [0.3, 0.4) is 0 Å². The van der Waals surface area contributed by atoms with Gasteiger partial charge in [0.15, 0.2) is 0 Å². The third kappa shape index (κ3) is 3.36. The summed E-state index contributed by atoms with van der Waals surface area (Å²) in [5, 5.41) is 0.824. The van der Waals surface area contributed by atoms with E-state index in [1.54, 1.807) is 0 Å². The summed E-state index contributed by atoms with van der Waals surface area (Å²) >= 11 is 6.40. The molecule has 0 amide bonds. The topological polar surface area (TPSA) is 29.3 Å². The van der Waals surface area contributed by atoms with Gasteiger partial charge in [-0.05, 0) is 44.4 Å². The van der Waals surface area contributed by atoms with E-state index >= 15 is 0 Å². The SMILES string of the molecule is CC(N)C(c1ccccc1Cl)N(C)C1CCCCC1C. The maximum absolute atomic E-state index is 6.40. The van der Waals surface area contributed by atoms with Gasteiger partial charge in [0.2, 0.25) is 0 Å². The summed E-state index contributed by atoms with van der Waals surface area (Å²) in [5.74, 6) is 0.734. The van der Waals surface area contributed by atoms with Crippen LogP contribution in [0.15, 0.2) is 24.3 Å². The number of nitrogens with two attached hydrogens (primary N) is 1. The van der Waals surface area contributed by atoms with Crippen LogP contribution in [0.1, 0.15) is 51.1 Å². The molecule has 1 aromatic rings. The van der Waals surface area contributed by atoms with Gasteiger partial charge in [0.1, 0.15) is 0 Å². The first kappa shape index (κ1) is 15.8. The molecule has 0 bridgehead atoms. The zero-order valence-corrected chi connectivity index (χ0v) is 13.6. The molecule has 0 spiro atoms. The molecule has 1 aromatic carbocycles. The van der Waals surface area contributed by atoms with Gasteiger partial charge in [0.25, 0.3) is 0 Å². The molecule has 2 nitrogen and oxygen atoms in total. The third-order valence-corrected chi connectivity index (χ3v) is 5.09. The van der Waals surface area contributed by atoms with E-state index < -0.39 is 0 Å². The summed E-state index contributed by atoms with van der Waals surface area (Å²) in [7, 11) is 2.21. The molecule has 0 aromatic heterocycles. The number of hydrogen-bond donors (Lipinski definition) is 1.